The van der Waals surface area contributed by atoms with Crippen molar-refractivity contribution in [1.82, 2.24) is 4.90 Å². The molecule has 0 radical (unpaired) electrons. The smallest absolute Gasteiger partial charge is 0.189 e. The summed E-state index contributed by atoms with van der Waals surface area (Å²) in [7, 11) is -1.16. The molecule has 0 aliphatic carbocycles. The van der Waals surface area contributed by atoms with E-state index >= 15 is 0 Å². The quantitative estimate of drug-likeness (QED) is 0.217. The van der Waals surface area contributed by atoms with Gasteiger partial charge >= 0.3 is 0 Å². The van der Waals surface area contributed by atoms with Gasteiger partial charge in [0.15, 0.2) is 6.79 Å². The molecule has 2 unspecified atom stereocenters. The van der Waals surface area contributed by atoms with Gasteiger partial charge in [-0.1, -0.05) is 68.2 Å². The highest BCUT2D eigenvalue weighted by molar-refractivity contribution is 6.76. The molecule has 4 rings (SSSR count). The van der Waals surface area contributed by atoms with E-state index in [1.807, 2.05) is 36.4 Å². The van der Waals surface area contributed by atoms with E-state index < -0.39 is 14.2 Å². The molecule has 0 bridgehead atoms. The van der Waals surface area contributed by atoms with E-state index in [4.69, 9.17) is 19.9 Å². The molecule has 0 spiro atoms. The van der Waals surface area contributed by atoms with Crippen LogP contribution in [0.25, 0.3) is 10.8 Å². The zero-order chi connectivity index (χ0) is 27.1. The molecule has 1 fully saturated rings. The zero-order valence-corrected chi connectivity index (χ0v) is 23.7. The molecule has 0 saturated carbocycles. The second-order valence-corrected chi connectivity index (χ2v) is 16.8. The monoisotopic (exact) mass is 535 g/mol. The van der Waals surface area contributed by atoms with E-state index in [1.165, 1.54) is 4.90 Å². The van der Waals surface area contributed by atoms with Crippen molar-refractivity contribution in [2.24, 2.45) is 5.73 Å². The van der Waals surface area contributed by atoms with Crippen molar-refractivity contribution in [2.45, 2.75) is 57.3 Å². The highest BCUT2D eigenvalue weighted by atomic mass is 28.3. The Bertz CT molecular complexity index is 1210. The van der Waals surface area contributed by atoms with Gasteiger partial charge in [-0.2, -0.15) is 0 Å². The predicted molar refractivity (Wildman–Crippen MR) is 151 cm³/mol. The number of rotatable bonds is 11. The van der Waals surface area contributed by atoms with E-state index in [0.717, 1.165) is 39.3 Å². The first kappa shape index (κ1) is 28.1. The standard InChI is InChI=1S/C30H40N2O5Si/c1-38(2,3)15-14-35-21-37-28-17-23(16-25-6-4-5-7-26(25)28)20-36-29-19-32(30(33)34)13-12-27(29)24-10-8-22(18-31)9-11-24/h4-11,16-17,27,29H,12-15,18-21,31H2,1-3H3,(H,33,34)/p-1. The number of nitrogens with zero attached hydrogens (tertiary/aromatic N) is 1. The SMILES string of the molecule is C[Si](C)(C)CCOCOc1cc(COC2CN(C(=O)[O-])CCC2c2ccc(CN)cc2)cc2ccccc12. The highest BCUT2D eigenvalue weighted by Crippen LogP contribution is 2.33. The van der Waals surface area contributed by atoms with Crippen LogP contribution in [-0.2, 0) is 22.6 Å². The van der Waals surface area contributed by atoms with Crippen molar-refractivity contribution in [3.05, 3.63) is 77.4 Å². The molecule has 8 heteroatoms. The summed E-state index contributed by atoms with van der Waals surface area (Å²) >= 11 is 0. The molecule has 3 aromatic carbocycles. The van der Waals surface area contributed by atoms with Gasteiger partial charge < -0.3 is 34.7 Å². The molecule has 1 heterocycles. The van der Waals surface area contributed by atoms with E-state index in [1.54, 1.807) is 0 Å². The lowest BCUT2D eigenvalue weighted by atomic mass is 9.86. The first-order chi connectivity index (χ1) is 18.2. The van der Waals surface area contributed by atoms with Crippen LogP contribution in [0.3, 0.4) is 0 Å². The van der Waals surface area contributed by atoms with Crippen molar-refractivity contribution in [2.75, 3.05) is 26.5 Å². The molecule has 2 atom stereocenters. The number of ether oxygens (including phenoxy) is 3. The number of carboxylic acid groups (broad SMARTS) is 1. The van der Waals surface area contributed by atoms with Crippen LogP contribution in [0.15, 0.2) is 60.7 Å². The summed E-state index contributed by atoms with van der Waals surface area (Å²) in [6, 6.07) is 21.5. The predicted octanol–water partition coefficient (Wildman–Crippen LogP) is 4.71. The largest absolute Gasteiger partial charge is 0.530 e. The minimum Gasteiger partial charge on any atom is -0.530 e. The topological polar surface area (TPSA) is 97.1 Å². The van der Waals surface area contributed by atoms with E-state index in [9.17, 15) is 9.90 Å². The Morgan fingerprint density at radius 2 is 1.84 bits per heavy atom. The fourth-order valence-electron chi connectivity index (χ4n) is 4.82. The van der Waals surface area contributed by atoms with Crippen LogP contribution in [0.1, 0.15) is 29.0 Å². The molecule has 204 valence electrons. The number of likely N-dealkylation sites (tertiary alicyclic amines) is 1. The molecular formula is C30H39N2O5Si-. The fourth-order valence-corrected chi connectivity index (χ4v) is 5.57. The molecule has 3 aromatic rings. The number of hydrogen-bond donors (Lipinski definition) is 1. The molecular weight excluding hydrogens is 496 g/mol. The minimum atomic E-state index is -1.16. The van der Waals surface area contributed by atoms with Crippen molar-refractivity contribution in [1.29, 1.82) is 0 Å². The zero-order valence-electron chi connectivity index (χ0n) is 22.7. The van der Waals surface area contributed by atoms with Crippen molar-refractivity contribution < 1.29 is 24.1 Å². The number of carbonyl (C=O) groups is 1. The van der Waals surface area contributed by atoms with Gasteiger partial charge in [-0.05, 0) is 46.7 Å². The first-order valence-electron chi connectivity index (χ1n) is 13.3. The third-order valence-electron chi connectivity index (χ3n) is 7.10. The molecule has 0 aromatic heterocycles. The summed E-state index contributed by atoms with van der Waals surface area (Å²) in [5.74, 6) is 0.831. The van der Waals surface area contributed by atoms with Crippen LogP contribution in [0.4, 0.5) is 4.79 Å². The second-order valence-electron chi connectivity index (χ2n) is 11.2. The number of nitrogens with two attached hydrogens (primary N) is 1. The lowest BCUT2D eigenvalue weighted by Gasteiger charge is -2.40. The van der Waals surface area contributed by atoms with Gasteiger partial charge in [0, 0.05) is 45.6 Å². The van der Waals surface area contributed by atoms with Crippen LogP contribution in [0.2, 0.25) is 25.7 Å². The minimum absolute atomic E-state index is 0.0772. The number of fused-ring (bicyclic) bond motifs is 1. The number of carbonyl (C=O) groups excluding carboxylic acids is 1. The summed E-state index contributed by atoms with van der Waals surface area (Å²) in [5, 5.41) is 13.7. The van der Waals surface area contributed by atoms with Crippen LogP contribution in [0.5, 0.6) is 5.75 Å². The fraction of sp³-hybridized carbons (Fsp3) is 0.433. The van der Waals surface area contributed by atoms with Crippen LogP contribution in [-0.4, -0.2) is 51.7 Å². The van der Waals surface area contributed by atoms with Crippen molar-refractivity contribution in [3.63, 3.8) is 0 Å². The second kappa shape index (κ2) is 12.8. The maximum atomic E-state index is 11.6. The summed E-state index contributed by atoms with van der Waals surface area (Å²) < 4.78 is 18.3. The third-order valence-corrected chi connectivity index (χ3v) is 8.81. The Hall–Kier alpha value is -2.91. The number of amides is 1. The van der Waals surface area contributed by atoms with E-state index in [0.29, 0.717) is 32.7 Å². The van der Waals surface area contributed by atoms with Crippen LogP contribution in [0, 0.1) is 0 Å². The first-order valence-corrected chi connectivity index (χ1v) is 17.0. The molecule has 7 nitrogen and oxygen atoms in total. The van der Waals surface area contributed by atoms with Crippen LogP contribution >= 0.6 is 0 Å². The van der Waals surface area contributed by atoms with Gasteiger partial charge in [0.05, 0.1) is 12.7 Å². The Morgan fingerprint density at radius 1 is 1.08 bits per heavy atom. The summed E-state index contributed by atoms with van der Waals surface area (Å²) in [6.07, 6.45) is -0.793. The van der Waals surface area contributed by atoms with E-state index in [2.05, 4.69) is 43.9 Å². The Kier molecular flexibility index (Phi) is 9.43. The average Bonchev–Trinajstić information content (AvgIpc) is 2.91. The lowest BCUT2D eigenvalue weighted by Crippen LogP contribution is -2.51. The van der Waals surface area contributed by atoms with Gasteiger partial charge in [-0.25, -0.2) is 0 Å². The van der Waals surface area contributed by atoms with E-state index in [-0.39, 0.29) is 25.4 Å². The Labute approximate surface area is 226 Å². The number of benzene rings is 3. The van der Waals surface area contributed by atoms with Crippen molar-refractivity contribution in [3.8, 4) is 5.75 Å². The maximum Gasteiger partial charge on any atom is 0.189 e. The van der Waals surface area contributed by atoms with Gasteiger partial charge in [-0.3, -0.25) is 0 Å². The normalized spacial score (nSPS) is 18.1. The molecule has 1 saturated heterocycles. The highest BCUT2D eigenvalue weighted by Gasteiger charge is 2.31. The number of hydrogen-bond acceptors (Lipinski definition) is 6. The molecule has 1 aliphatic rings. The van der Waals surface area contributed by atoms with Gasteiger partial charge in [-0.15, -0.1) is 0 Å². The third kappa shape index (κ3) is 7.57. The summed E-state index contributed by atoms with van der Waals surface area (Å²) in [6.45, 7) is 9.39. The Balaban J connectivity index is 1.48. The van der Waals surface area contributed by atoms with Crippen molar-refractivity contribution >= 4 is 24.9 Å². The van der Waals surface area contributed by atoms with Gasteiger partial charge in [0.2, 0.25) is 0 Å². The molecule has 2 N–H and O–H groups in total. The average molecular weight is 536 g/mol. The maximum absolute atomic E-state index is 11.6. The van der Waals surface area contributed by atoms with Gasteiger partial charge in [0.25, 0.3) is 0 Å². The summed E-state index contributed by atoms with van der Waals surface area (Å²) in [4.78, 5) is 12.9. The van der Waals surface area contributed by atoms with Gasteiger partial charge in [0.1, 0.15) is 11.8 Å². The van der Waals surface area contributed by atoms with Crippen LogP contribution < -0.4 is 15.6 Å². The number of piperidine rings is 1. The summed E-state index contributed by atoms with van der Waals surface area (Å²) in [5.41, 5.74) is 8.91. The molecule has 1 amide bonds. The molecule has 38 heavy (non-hydrogen) atoms. The Morgan fingerprint density at radius 3 is 2.55 bits per heavy atom. The lowest BCUT2D eigenvalue weighted by molar-refractivity contribution is -0.268. The molecule has 1 aliphatic heterocycles.